The van der Waals surface area contributed by atoms with Gasteiger partial charge < -0.3 is 5.32 Å². The highest BCUT2D eigenvalue weighted by Gasteiger charge is 1.99. The lowest BCUT2D eigenvalue weighted by molar-refractivity contribution is 0.780. The van der Waals surface area contributed by atoms with Crippen LogP contribution in [0.1, 0.15) is 6.92 Å². The first-order valence-electron chi connectivity index (χ1n) is 2.40. The highest BCUT2D eigenvalue weighted by atomic mass is 79.9. The summed E-state index contributed by atoms with van der Waals surface area (Å²) in [5.74, 6) is 0. The van der Waals surface area contributed by atoms with E-state index in [0.717, 1.165) is 5.70 Å². The van der Waals surface area contributed by atoms with Crippen LogP contribution in [0.25, 0.3) is 0 Å². The van der Waals surface area contributed by atoms with Gasteiger partial charge in [0, 0.05) is 11.9 Å². The maximum atomic E-state index is 3.98. The smallest absolute Gasteiger partial charge is 0.174 e. The molecule has 0 spiro atoms. The predicted octanol–water partition coefficient (Wildman–Crippen LogP) is 1.24. The molecule has 0 aliphatic carbocycles. The zero-order valence-electron chi connectivity index (χ0n) is 4.56. The summed E-state index contributed by atoms with van der Waals surface area (Å²) < 4.78 is 0. The van der Waals surface area contributed by atoms with E-state index >= 15 is 0 Å². The monoisotopic (exact) mass is 174 g/mol. The van der Waals surface area contributed by atoms with Crippen LogP contribution in [0.15, 0.2) is 16.8 Å². The molecule has 1 aliphatic heterocycles. The second-order valence-electron chi connectivity index (χ2n) is 1.63. The SMILES string of the molecule is CC1=CC=NC(Br)N1. The summed E-state index contributed by atoms with van der Waals surface area (Å²) in [6, 6.07) is 0. The number of hydrogen-bond acceptors (Lipinski definition) is 2. The Hall–Kier alpha value is -0.310. The van der Waals surface area contributed by atoms with Crippen molar-refractivity contribution in [2.75, 3.05) is 0 Å². The molecule has 0 saturated heterocycles. The Labute approximate surface area is 56.8 Å². The van der Waals surface area contributed by atoms with Gasteiger partial charge in [-0.3, -0.25) is 4.99 Å². The van der Waals surface area contributed by atoms with E-state index in [0.29, 0.717) is 0 Å². The van der Waals surface area contributed by atoms with E-state index in [4.69, 9.17) is 0 Å². The van der Waals surface area contributed by atoms with Crippen LogP contribution in [-0.4, -0.2) is 11.3 Å². The quantitative estimate of drug-likeness (QED) is 0.434. The average Bonchev–Trinajstić information content (AvgIpc) is 1.64. The molecule has 0 radical (unpaired) electrons. The molecule has 2 nitrogen and oxygen atoms in total. The molecule has 0 bridgehead atoms. The Morgan fingerprint density at radius 1 is 1.88 bits per heavy atom. The minimum atomic E-state index is 0.0764. The van der Waals surface area contributed by atoms with Crippen LogP contribution >= 0.6 is 15.9 Å². The molecule has 0 fully saturated rings. The van der Waals surface area contributed by atoms with Gasteiger partial charge in [-0.25, -0.2) is 0 Å². The Morgan fingerprint density at radius 3 is 3.00 bits per heavy atom. The summed E-state index contributed by atoms with van der Waals surface area (Å²) in [4.78, 5) is 3.98. The Morgan fingerprint density at radius 2 is 2.62 bits per heavy atom. The van der Waals surface area contributed by atoms with Crippen molar-refractivity contribution < 1.29 is 0 Å². The van der Waals surface area contributed by atoms with Crippen molar-refractivity contribution in [3.8, 4) is 0 Å². The number of allylic oxidation sites excluding steroid dienone is 2. The van der Waals surface area contributed by atoms with Crippen molar-refractivity contribution in [1.82, 2.24) is 5.32 Å². The van der Waals surface area contributed by atoms with Crippen LogP contribution in [0.2, 0.25) is 0 Å². The predicted molar refractivity (Wildman–Crippen MR) is 38.1 cm³/mol. The summed E-state index contributed by atoms with van der Waals surface area (Å²) in [6.45, 7) is 2.00. The van der Waals surface area contributed by atoms with Crippen molar-refractivity contribution in [1.29, 1.82) is 0 Å². The lowest BCUT2D eigenvalue weighted by Crippen LogP contribution is -2.21. The molecule has 1 aliphatic rings. The van der Waals surface area contributed by atoms with Gasteiger partial charge >= 0.3 is 0 Å². The van der Waals surface area contributed by atoms with Gasteiger partial charge in [0.25, 0.3) is 0 Å². The average molecular weight is 175 g/mol. The Bertz CT molecular complexity index is 139. The third-order valence-corrected chi connectivity index (χ3v) is 1.35. The number of rotatable bonds is 0. The largest absolute Gasteiger partial charge is 0.359 e. The Balaban J connectivity index is 2.59. The van der Waals surface area contributed by atoms with Gasteiger partial charge in [-0.15, -0.1) is 0 Å². The summed E-state index contributed by atoms with van der Waals surface area (Å²) in [6.07, 6.45) is 3.71. The van der Waals surface area contributed by atoms with Gasteiger partial charge in [-0.05, 0) is 28.9 Å². The number of nitrogens with one attached hydrogen (secondary N) is 1. The van der Waals surface area contributed by atoms with Crippen LogP contribution in [0.3, 0.4) is 0 Å². The topological polar surface area (TPSA) is 24.4 Å². The zero-order valence-corrected chi connectivity index (χ0v) is 6.14. The van der Waals surface area contributed by atoms with Gasteiger partial charge in [0.05, 0.1) is 0 Å². The van der Waals surface area contributed by atoms with E-state index in [1.54, 1.807) is 6.21 Å². The van der Waals surface area contributed by atoms with Gasteiger partial charge in [0.2, 0.25) is 0 Å². The summed E-state index contributed by atoms with van der Waals surface area (Å²) in [7, 11) is 0. The third kappa shape index (κ3) is 1.33. The van der Waals surface area contributed by atoms with E-state index < -0.39 is 0 Å². The molecule has 1 heterocycles. The second-order valence-corrected chi connectivity index (χ2v) is 2.50. The molecule has 44 valence electrons. The van der Waals surface area contributed by atoms with Crippen molar-refractivity contribution >= 4 is 22.1 Å². The first kappa shape index (κ1) is 5.82. The fraction of sp³-hybridized carbons (Fsp3) is 0.400. The second kappa shape index (κ2) is 2.31. The maximum Gasteiger partial charge on any atom is 0.174 e. The maximum absolute atomic E-state index is 3.98. The highest BCUT2D eigenvalue weighted by Crippen LogP contribution is 2.02. The fourth-order valence-corrected chi connectivity index (χ4v) is 1.00. The lowest BCUT2D eigenvalue weighted by Gasteiger charge is -2.11. The molecule has 1 rings (SSSR count). The first-order valence-corrected chi connectivity index (χ1v) is 3.31. The molecule has 1 unspecified atom stereocenters. The molecular formula is C5H7BrN2. The molecule has 0 amide bonds. The van der Waals surface area contributed by atoms with E-state index in [-0.39, 0.29) is 5.08 Å². The van der Waals surface area contributed by atoms with E-state index in [1.807, 2.05) is 13.0 Å². The third-order valence-electron chi connectivity index (χ3n) is 0.888. The molecule has 0 aromatic heterocycles. The minimum absolute atomic E-state index is 0.0764. The van der Waals surface area contributed by atoms with Gasteiger partial charge in [0.1, 0.15) is 0 Å². The van der Waals surface area contributed by atoms with Crippen LogP contribution in [0.4, 0.5) is 0 Å². The number of nitrogens with zero attached hydrogens (tertiary/aromatic N) is 1. The van der Waals surface area contributed by atoms with Crippen molar-refractivity contribution in [2.24, 2.45) is 4.99 Å². The van der Waals surface area contributed by atoms with Crippen LogP contribution in [0, 0.1) is 0 Å². The van der Waals surface area contributed by atoms with Crippen LogP contribution < -0.4 is 5.32 Å². The number of halogens is 1. The number of aliphatic imine (C=N–C) groups is 1. The normalized spacial score (nSPS) is 26.8. The summed E-state index contributed by atoms with van der Waals surface area (Å²) in [5.41, 5.74) is 1.14. The standard InChI is InChI=1S/C5H7BrN2/c1-4-2-3-7-5(6)8-4/h2-3,5,8H,1H3. The lowest BCUT2D eigenvalue weighted by atomic mass is 10.4. The van der Waals surface area contributed by atoms with E-state index in [9.17, 15) is 0 Å². The Kier molecular flexibility index (Phi) is 1.68. The molecule has 3 heteroatoms. The molecule has 8 heavy (non-hydrogen) atoms. The summed E-state index contributed by atoms with van der Waals surface area (Å²) in [5, 5.41) is 3.14. The molecule has 1 N–H and O–H groups in total. The number of alkyl halides is 1. The molecule has 0 aromatic rings. The number of hydrogen-bond donors (Lipinski definition) is 1. The van der Waals surface area contributed by atoms with E-state index in [2.05, 4.69) is 26.2 Å². The molecule has 1 atom stereocenters. The molecule has 0 aromatic carbocycles. The highest BCUT2D eigenvalue weighted by molar-refractivity contribution is 9.09. The van der Waals surface area contributed by atoms with Crippen molar-refractivity contribution in [2.45, 2.75) is 12.0 Å². The summed E-state index contributed by atoms with van der Waals surface area (Å²) >= 11 is 3.28. The fourth-order valence-electron chi connectivity index (χ4n) is 0.504. The zero-order chi connectivity index (χ0) is 5.98. The van der Waals surface area contributed by atoms with Crippen molar-refractivity contribution in [3.05, 3.63) is 11.8 Å². The van der Waals surface area contributed by atoms with Gasteiger partial charge in [-0.1, -0.05) is 0 Å². The molecule has 0 saturated carbocycles. The van der Waals surface area contributed by atoms with Crippen LogP contribution in [-0.2, 0) is 0 Å². The first-order chi connectivity index (χ1) is 3.79. The van der Waals surface area contributed by atoms with E-state index in [1.165, 1.54) is 0 Å². The molecular weight excluding hydrogens is 168 g/mol. The minimum Gasteiger partial charge on any atom is -0.359 e. The van der Waals surface area contributed by atoms with Gasteiger partial charge in [0.15, 0.2) is 5.08 Å². The van der Waals surface area contributed by atoms with Crippen LogP contribution in [0.5, 0.6) is 0 Å². The van der Waals surface area contributed by atoms with Crippen molar-refractivity contribution in [3.63, 3.8) is 0 Å². The van der Waals surface area contributed by atoms with Gasteiger partial charge in [-0.2, -0.15) is 0 Å².